The Morgan fingerprint density at radius 3 is 2.96 bits per heavy atom. The minimum Gasteiger partial charge on any atom is -0.381 e. The molecule has 3 rings (SSSR count). The first-order valence-corrected chi connectivity index (χ1v) is 9.03. The Morgan fingerprint density at radius 2 is 2.23 bits per heavy atom. The topological polar surface area (TPSA) is 89.3 Å². The molecular formula is C19H26N4O3. The van der Waals surface area contributed by atoms with Crippen molar-refractivity contribution in [1.82, 2.24) is 20.3 Å². The number of ether oxygens (including phenoxy) is 1. The minimum atomic E-state index is -1.04. The average molecular weight is 358 g/mol. The molecule has 1 fully saturated rings. The maximum Gasteiger partial charge on any atom is 0.224 e. The lowest BCUT2D eigenvalue weighted by Gasteiger charge is -2.15. The van der Waals surface area contributed by atoms with Crippen LogP contribution in [0.1, 0.15) is 43.0 Å². The number of nitrogens with one attached hydrogen (secondary N) is 1. The largest absolute Gasteiger partial charge is 0.381 e. The molecule has 26 heavy (non-hydrogen) atoms. The van der Waals surface area contributed by atoms with E-state index in [1.165, 1.54) is 5.56 Å². The Kier molecular flexibility index (Phi) is 5.68. The molecule has 0 aliphatic carbocycles. The van der Waals surface area contributed by atoms with Crippen LogP contribution in [0.5, 0.6) is 0 Å². The summed E-state index contributed by atoms with van der Waals surface area (Å²) in [6.07, 6.45) is 2.61. The molecule has 7 heteroatoms. The second-order valence-electron chi connectivity index (χ2n) is 7.08. The summed E-state index contributed by atoms with van der Waals surface area (Å²) in [6.45, 7) is 5.99. The van der Waals surface area contributed by atoms with Crippen molar-refractivity contribution in [3.05, 3.63) is 47.3 Å². The summed E-state index contributed by atoms with van der Waals surface area (Å²) < 4.78 is 6.87. The zero-order chi connectivity index (χ0) is 18.6. The van der Waals surface area contributed by atoms with Crippen LogP contribution in [0.2, 0.25) is 0 Å². The lowest BCUT2D eigenvalue weighted by atomic mass is 9.95. The highest BCUT2D eigenvalue weighted by Crippen LogP contribution is 2.28. The number of nitrogens with zero attached hydrogens (tertiary/aromatic N) is 3. The fraction of sp³-hybridized carbons (Fsp3) is 0.526. The van der Waals surface area contributed by atoms with Gasteiger partial charge in [0.1, 0.15) is 11.3 Å². The predicted octanol–water partition coefficient (Wildman–Crippen LogP) is 1.37. The van der Waals surface area contributed by atoms with Gasteiger partial charge in [0.05, 0.1) is 25.8 Å². The monoisotopic (exact) mass is 358 g/mol. The quantitative estimate of drug-likeness (QED) is 0.780. The smallest absolute Gasteiger partial charge is 0.224 e. The molecule has 1 aromatic carbocycles. The van der Waals surface area contributed by atoms with E-state index < -0.39 is 5.60 Å². The second kappa shape index (κ2) is 7.97. The summed E-state index contributed by atoms with van der Waals surface area (Å²) in [7, 11) is 0. The zero-order valence-corrected chi connectivity index (χ0v) is 15.3. The molecule has 2 heterocycles. The summed E-state index contributed by atoms with van der Waals surface area (Å²) in [6, 6.07) is 8.04. The van der Waals surface area contributed by atoms with Crippen LogP contribution >= 0.6 is 0 Å². The lowest BCUT2D eigenvalue weighted by molar-refractivity contribution is -0.120. The molecule has 1 amide bonds. The van der Waals surface area contributed by atoms with E-state index in [9.17, 15) is 9.90 Å². The van der Waals surface area contributed by atoms with Crippen LogP contribution in [-0.4, -0.2) is 45.8 Å². The van der Waals surface area contributed by atoms with E-state index in [2.05, 4.69) is 35.5 Å². The third-order valence-corrected chi connectivity index (χ3v) is 4.71. The Hall–Kier alpha value is -2.25. The van der Waals surface area contributed by atoms with Crippen LogP contribution in [0, 0.1) is 0 Å². The standard InChI is InChI=1S/C19H26N4O3/c1-14(2)16-6-4-3-5-15(16)11-18(24)20-8-9-23-12-17(21-22-23)19(25)7-10-26-13-19/h3-6,12,14,25H,7-11,13H2,1-2H3,(H,20,24). The number of carbonyl (C=O) groups excluding carboxylic acids is 1. The van der Waals surface area contributed by atoms with E-state index in [1.807, 2.05) is 18.2 Å². The Bertz CT molecular complexity index is 751. The molecule has 1 atom stereocenters. The van der Waals surface area contributed by atoms with Gasteiger partial charge in [-0.15, -0.1) is 5.10 Å². The zero-order valence-electron chi connectivity index (χ0n) is 15.3. The molecule has 1 aliphatic heterocycles. The molecule has 1 aromatic heterocycles. The van der Waals surface area contributed by atoms with Gasteiger partial charge in [-0.1, -0.05) is 43.3 Å². The number of hydrogen-bond acceptors (Lipinski definition) is 5. The third-order valence-electron chi connectivity index (χ3n) is 4.71. The SMILES string of the molecule is CC(C)c1ccccc1CC(=O)NCCn1cc(C2(O)CCOC2)nn1. The van der Waals surface area contributed by atoms with Crippen molar-refractivity contribution in [2.45, 2.75) is 44.8 Å². The first-order chi connectivity index (χ1) is 12.5. The summed E-state index contributed by atoms with van der Waals surface area (Å²) in [5, 5.41) is 21.4. The molecule has 2 aromatic rings. The lowest BCUT2D eigenvalue weighted by Crippen LogP contribution is -2.29. The van der Waals surface area contributed by atoms with Gasteiger partial charge in [-0.25, -0.2) is 0 Å². The number of carbonyl (C=O) groups is 1. The molecule has 2 N–H and O–H groups in total. The van der Waals surface area contributed by atoms with E-state index in [0.29, 0.717) is 44.1 Å². The number of benzene rings is 1. The summed E-state index contributed by atoms with van der Waals surface area (Å²) in [5.74, 6) is 0.374. The molecule has 0 radical (unpaired) electrons. The van der Waals surface area contributed by atoms with Crippen LogP contribution in [0.15, 0.2) is 30.5 Å². The maximum absolute atomic E-state index is 12.2. The van der Waals surface area contributed by atoms with Crippen molar-refractivity contribution in [3.63, 3.8) is 0 Å². The van der Waals surface area contributed by atoms with Crippen LogP contribution in [0.4, 0.5) is 0 Å². The minimum absolute atomic E-state index is 0.0127. The van der Waals surface area contributed by atoms with Crippen LogP contribution in [-0.2, 0) is 28.1 Å². The van der Waals surface area contributed by atoms with Crippen molar-refractivity contribution in [2.75, 3.05) is 19.8 Å². The molecule has 1 saturated heterocycles. The van der Waals surface area contributed by atoms with Crippen LogP contribution in [0.3, 0.4) is 0 Å². The highest BCUT2D eigenvalue weighted by Gasteiger charge is 2.36. The average Bonchev–Trinajstić information content (AvgIpc) is 3.25. The van der Waals surface area contributed by atoms with Crippen LogP contribution < -0.4 is 5.32 Å². The number of aliphatic hydroxyl groups is 1. The van der Waals surface area contributed by atoms with E-state index in [1.54, 1.807) is 10.9 Å². The van der Waals surface area contributed by atoms with Crippen molar-refractivity contribution < 1.29 is 14.6 Å². The molecule has 0 spiro atoms. The molecule has 140 valence electrons. The summed E-state index contributed by atoms with van der Waals surface area (Å²) in [5.41, 5.74) is 1.75. The van der Waals surface area contributed by atoms with Gasteiger partial charge < -0.3 is 15.2 Å². The predicted molar refractivity (Wildman–Crippen MR) is 96.6 cm³/mol. The van der Waals surface area contributed by atoms with Gasteiger partial charge in [-0.05, 0) is 17.0 Å². The van der Waals surface area contributed by atoms with Gasteiger partial charge >= 0.3 is 0 Å². The number of rotatable bonds is 7. The summed E-state index contributed by atoms with van der Waals surface area (Å²) >= 11 is 0. The van der Waals surface area contributed by atoms with E-state index >= 15 is 0 Å². The maximum atomic E-state index is 12.2. The van der Waals surface area contributed by atoms with Gasteiger partial charge in [0.2, 0.25) is 5.91 Å². The molecule has 1 unspecified atom stereocenters. The molecule has 7 nitrogen and oxygen atoms in total. The number of hydrogen-bond donors (Lipinski definition) is 2. The van der Waals surface area contributed by atoms with Gasteiger partial charge in [-0.3, -0.25) is 9.48 Å². The highest BCUT2D eigenvalue weighted by atomic mass is 16.5. The summed E-state index contributed by atoms with van der Waals surface area (Å²) in [4.78, 5) is 12.2. The molecular weight excluding hydrogens is 332 g/mol. The van der Waals surface area contributed by atoms with Gasteiger partial charge in [0, 0.05) is 19.6 Å². The van der Waals surface area contributed by atoms with E-state index in [4.69, 9.17) is 4.74 Å². The van der Waals surface area contributed by atoms with Gasteiger partial charge in [-0.2, -0.15) is 0 Å². The van der Waals surface area contributed by atoms with E-state index in [0.717, 1.165) is 5.56 Å². The highest BCUT2D eigenvalue weighted by molar-refractivity contribution is 5.78. The van der Waals surface area contributed by atoms with Gasteiger partial charge in [0.15, 0.2) is 0 Å². The number of amides is 1. The van der Waals surface area contributed by atoms with Crippen LogP contribution in [0.25, 0.3) is 0 Å². The fourth-order valence-corrected chi connectivity index (χ4v) is 3.18. The third kappa shape index (κ3) is 4.28. The van der Waals surface area contributed by atoms with E-state index in [-0.39, 0.29) is 12.5 Å². The second-order valence-corrected chi connectivity index (χ2v) is 7.08. The Balaban J connectivity index is 1.49. The molecule has 0 bridgehead atoms. The Morgan fingerprint density at radius 1 is 1.42 bits per heavy atom. The van der Waals surface area contributed by atoms with Crippen molar-refractivity contribution >= 4 is 5.91 Å². The molecule has 1 aliphatic rings. The fourth-order valence-electron chi connectivity index (χ4n) is 3.18. The number of aromatic nitrogens is 3. The van der Waals surface area contributed by atoms with Crippen molar-refractivity contribution in [3.8, 4) is 0 Å². The Labute approximate surface area is 153 Å². The molecule has 0 saturated carbocycles. The first kappa shape index (κ1) is 18.5. The van der Waals surface area contributed by atoms with Crippen molar-refractivity contribution in [1.29, 1.82) is 0 Å². The van der Waals surface area contributed by atoms with Gasteiger partial charge in [0.25, 0.3) is 0 Å². The first-order valence-electron chi connectivity index (χ1n) is 9.03. The normalized spacial score (nSPS) is 19.8. The van der Waals surface area contributed by atoms with Crippen molar-refractivity contribution in [2.24, 2.45) is 0 Å².